The topological polar surface area (TPSA) is 109 Å². The van der Waals surface area contributed by atoms with Crippen molar-refractivity contribution in [3.63, 3.8) is 0 Å². The second-order valence-electron chi connectivity index (χ2n) is 15.1. The molecule has 2 aliphatic heterocycles. The highest BCUT2D eigenvalue weighted by atomic mass is 16.5. The number of aromatic amines is 2. The Morgan fingerprint density at radius 3 is 1.87 bits per heavy atom. The van der Waals surface area contributed by atoms with Crippen LogP contribution in [0.2, 0.25) is 0 Å². The van der Waals surface area contributed by atoms with E-state index >= 15 is 0 Å². The van der Waals surface area contributed by atoms with Crippen molar-refractivity contribution in [3.05, 3.63) is 79.0 Å². The van der Waals surface area contributed by atoms with Gasteiger partial charge in [-0.15, -0.1) is 0 Å². The van der Waals surface area contributed by atoms with Crippen LogP contribution in [0, 0.1) is 22.7 Å². The zero-order valence-electron chi connectivity index (χ0n) is 35.1. The van der Waals surface area contributed by atoms with Crippen molar-refractivity contribution in [3.8, 4) is 0 Å². The Balaban J connectivity index is 1.61. The van der Waals surface area contributed by atoms with Gasteiger partial charge in [-0.2, -0.15) is 0 Å². The van der Waals surface area contributed by atoms with Crippen LogP contribution in [0.1, 0.15) is 135 Å². The van der Waals surface area contributed by atoms with Gasteiger partial charge in [-0.25, -0.2) is 9.59 Å². The number of nitrogens with one attached hydrogen (secondary N) is 2. The maximum Gasteiger partial charge on any atom is 0.335 e. The maximum atomic E-state index is 14.0. The molecule has 4 unspecified atom stereocenters. The number of rotatable bonds is 14. The van der Waals surface area contributed by atoms with Crippen molar-refractivity contribution in [1.82, 2.24) is 9.97 Å². The van der Waals surface area contributed by atoms with Crippen molar-refractivity contribution in [2.75, 3.05) is 13.2 Å². The molecule has 0 spiro atoms. The number of nitrogens with zero attached hydrogens (tertiary/aromatic N) is 2. The van der Waals surface area contributed by atoms with Gasteiger partial charge in [0.25, 0.3) is 0 Å². The van der Waals surface area contributed by atoms with Crippen LogP contribution in [0.15, 0.2) is 44.7 Å². The minimum Gasteiger partial charge on any atom is -0.463 e. The number of carbonyl (C=O) groups excluding carboxylic acids is 2. The number of ether oxygens (including phenoxy) is 2. The van der Waals surface area contributed by atoms with Crippen LogP contribution >= 0.6 is 0 Å². The predicted octanol–water partition coefficient (Wildman–Crippen LogP) is 8.69. The smallest absolute Gasteiger partial charge is 0.335 e. The Kier molecular flexibility index (Phi) is 11.7. The molecular formula is C47H62N4O4. The number of fused-ring (bicyclic) bond motifs is 2. The third kappa shape index (κ3) is 5.83. The number of aromatic nitrogens is 2. The number of hydrogen-bond donors (Lipinski definition) is 2. The quantitative estimate of drug-likeness (QED) is 0.189. The fraction of sp³-hybridized carbons (Fsp3) is 0.532. The van der Waals surface area contributed by atoms with E-state index < -0.39 is 10.8 Å². The van der Waals surface area contributed by atoms with Gasteiger partial charge >= 0.3 is 11.9 Å². The first-order valence-corrected chi connectivity index (χ1v) is 21.1. The van der Waals surface area contributed by atoms with E-state index in [9.17, 15) is 9.59 Å². The molecule has 0 saturated carbocycles. The zero-order chi connectivity index (χ0) is 39.8. The number of H-pyrrole nitrogens is 2. The van der Waals surface area contributed by atoms with Crippen LogP contribution in [-0.2, 0) is 44.7 Å². The largest absolute Gasteiger partial charge is 0.463 e. The molecule has 0 radical (unpaired) electrons. The summed E-state index contributed by atoms with van der Waals surface area (Å²) in [5, 5.41) is 2.19. The minimum atomic E-state index is -0.613. The number of esters is 2. The Hall–Kier alpha value is -4.46. The van der Waals surface area contributed by atoms with Gasteiger partial charge in [0.2, 0.25) is 0 Å². The van der Waals surface area contributed by atoms with Gasteiger partial charge in [0.15, 0.2) is 0 Å². The molecule has 2 aromatic heterocycles. The summed E-state index contributed by atoms with van der Waals surface area (Å²) in [4.78, 5) is 45.9. The minimum absolute atomic E-state index is 0.0358. The highest BCUT2D eigenvalue weighted by Crippen LogP contribution is 2.59. The molecule has 0 bridgehead atoms. The molecule has 2 N–H and O–H groups in total. The highest BCUT2D eigenvalue weighted by Gasteiger charge is 2.57. The van der Waals surface area contributed by atoms with E-state index in [0.29, 0.717) is 24.4 Å². The molecule has 294 valence electrons. The van der Waals surface area contributed by atoms with E-state index in [1.54, 1.807) is 0 Å². The third-order valence-electron chi connectivity index (χ3n) is 13.1. The normalized spacial score (nSPS) is 26.2. The van der Waals surface area contributed by atoms with E-state index in [2.05, 4.69) is 103 Å². The Morgan fingerprint density at radius 1 is 0.745 bits per heavy atom. The first-order chi connectivity index (χ1) is 26.6. The molecule has 8 heteroatoms. The van der Waals surface area contributed by atoms with Gasteiger partial charge in [-0.05, 0) is 113 Å². The van der Waals surface area contributed by atoms with E-state index in [1.165, 1.54) is 22.3 Å². The standard InChI is InChI=1S/C47H62N4O4/c1-12-27-26-48-42-32(23-35(44(52)54-21-10)46(27,42)19-8)40-31(16-5)29(14-3)38(50-40)25-39-34(17-6)47(20-9)36(45(53)55-22-11)24-33(43(47)51-39)41-30(15-4)28(13-2)37(18-7)49-41/h18,23-27,34,49-50H,12-17,19-22H2,1-11H3/b37-18-,39-25-,41-33-. The number of aliphatic imine (C=N–C) groups is 2. The van der Waals surface area contributed by atoms with Crippen molar-refractivity contribution in [2.45, 2.75) is 128 Å². The zero-order valence-corrected chi connectivity index (χ0v) is 35.1. The SMILES string of the molecule is C/C=c1\[nH]/c(=C2/C=C(C(=O)OCC)C3(CC)C2=N/C(=C\c2[nH]c(C4=C5N=CC(CC)C5(CC)C(C(=O)OCC)=C4)c(CC)c2CC)C3CC)c(CC)c1CC. The summed E-state index contributed by atoms with van der Waals surface area (Å²) in [7, 11) is 0. The summed E-state index contributed by atoms with van der Waals surface area (Å²) in [5.74, 6) is -0.434. The summed E-state index contributed by atoms with van der Waals surface area (Å²) in [6, 6.07) is 0. The molecule has 4 aliphatic rings. The van der Waals surface area contributed by atoms with Gasteiger partial charge in [0.1, 0.15) is 0 Å². The molecule has 0 fully saturated rings. The molecule has 2 aromatic rings. The third-order valence-corrected chi connectivity index (χ3v) is 13.1. The number of allylic oxidation sites excluding steroid dienone is 5. The molecule has 4 atom stereocenters. The maximum absolute atomic E-state index is 14.0. The number of carbonyl (C=O) groups is 2. The molecule has 55 heavy (non-hydrogen) atoms. The van der Waals surface area contributed by atoms with Crippen LogP contribution in [0.3, 0.4) is 0 Å². The molecular weight excluding hydrogens is 685 g/mol. The van der Waals surface area contributed by atoms with Crippen molar-refractivity contribution < 1.29 is 19.1 Å². The summed E-state index contributed by atoms with van der Waals surface area (Å²) >= 11 is 0. The average Bonchev–Trinajstić information content (AvgIpc) is 4.02. The van der Waals surface area contributed by atoms with Crippen LogP contribution < -0.4 is 10.7 Å². The number of hydrogen-bond acceptors (Lipinski definition) is 6. The fourth-order valence-electron chi connectivity index (χ4n) is 10.7. The summed E-state index contributed by atoms with van der Waals surface area (Å²) in [6.45, 7) is 24.0. The molecule has 2 aliphatic carbocycles. The second kappa shape index (κ2) is 16.0. The average molecular weight is 747 g/mol. The van der Waals surface area contributed by atoms with Gasteiger partial charge in [-0.3, -0.25) is 9.98 Å². The lowest BCUT2D eigenvalue weighted by Crippen LogP contribution is -2.37. The predicted molar refractivity (Wildman–Crippen MR) is 225 cm³/mol. The lowest BCUT2D eigenvalue weighted by molar-refractivity contribution is -0.140. The van der Waals surface area contributed by atoms with E-state index in [4.69, 9.17) is 19.5 Å². The van der Waals surface area contributed by atoms with Crippen molar-refractivity contribution >= 4 is 47.2 Å². The first kappa shape index (κ1) is 40.2. The van der Waals surface area contributed by atoms with Crippen molar-refractivity contribution in [2.24, 2.45) is 32.7 Å². The Morgan fingerprint density at radius 2 is 1.35 bits per heavy atom. The first-order valence-electron chi connectivity index (χ1n) is 21.1. The van der Waals surface area contributed by atoms with Crippen LogP contribution in [0.5, 0.6) is 0 Å². The van der Waals surface area contributed by atoms with Gasteiger partial charge in [-0.1, -0.05) is 61.5 Å². The van der Waals surface area contributed by atoms with Gasteiger partial charge < -0.3 is 19.4 Å². The van der Waals surface area contributed by atoms with Gasteiger partial charge in [0, 0.05) is 45.9 Å². The van der Waals surface area contributed by atoms with Crippen LogP contribution in [0.4, 0.5) is 0 Å². The lowest BCUT2D eigenvalue weighted by Gasteiger charge is -2.33. The van der Waals surface area contributed by atoms with Crippen LogP contribution in [-0.4, -0.2) is 47.0 Å². The van der Waals surface area contributed by atoms with Crippen LogP contribution in [0.25, 0.3) is 23.3 Å². The van der Waals surface area contributed by atoms with E-state index in [0.717, 1.165) is 102 Å². The molecule has 0 aromatic carbocycles. The molecule has 0 saturated heterocycles. The summed E-state index contributed by atoms with van der Waals surface area (Å²) < 4.78 is 11.4. The van der Waals surface area contributed by atoms with E-state index in [-0.39, 0.29) is 23.8 Å². The molecule has 6 rings (SSSR count). The fourth-order valence-corrected chi connectivity index (χ4v) is 10.7. The molecule has 8 nitrogen and oxygen atoms in total. The highest BCUT2D eigenvalue weighted by molar-refractivity contribution is 6.33. The Bertz CT molecular complexity index is 2200. The summed E-state index contributed by atoms with van der Waals surface area (Å²) in [5.41, 5.74) is 12.3. The second-order valence-corrected chi connectivity index (χ2v) is 15.1. The van der Waals surface area contributed by atoms with E-state index in [1.807, 2.05) is 13.8 Å². The monoisotopic (exact) mass is 746 g/mol. The summed E-state index contributed by atoms with van der Waals surface area (Å²) in [6.07, 6.45) is 17.2. The molecule has 4 heterocycles. The molecule has 0 amide bonds. The Labute approximate surface area is 327 Å². The van der Waals surface area contributed by atoms with Gasteiger partial charge in [0.05, 0.1) is 57.6 Å². The van der Waals surface area contributed by atoms with Crippen molar-refractivity contribution in [1.29, 1.82) is 0 Å². The lowest BCUT2D eigenvalue weighted by atomic mass is 9.67.